The van der Waals surface area contributed by atoms with Gasteiger partial charge in [-0.3, -0.25) is 20.2 Å². The number of hydrogen-bond donors (Lipinski definition) is 0. The molecule has 0 unspecified atom stereocenters. The largest absolute Gasteiger partial charge is 1.00 e. The summed E-state index contributed by atoms with van der Waals surface area (Å²) < 4.78 is 32.2. The first-order valence-corrected chi connectivity index (χ1v) is 5.52. The van der Waals surface area contributed by atoms with Crippen LogP contribution in [0.2, 0.25) is 5.02 Å². The first kappa shape index (κ1) is 17.9. The van der Waals surface area contributed by atoms with E-state index < -0.39 is 41.3 Å². The molecular weight excluding hydrogens is 319 g/mol. The molecule has 0 aliphatic heterocycles. The van der Waals surface area contributed by atoms with Crippen LogP contribution in [0.25, 0.3) is 0 Å². The molecule has 1 aromatic carbocycles. The predicted octanol–water partition coefficient (Wildman–Crippen LogP) is -1.94. The van der Waals surface area contributed by atoms with Gasteiger partial charge in [0.25, 0.3) is 0 Å². The molecule has 0 radical (unpaired) electrons. The van der Waals surface area contributed by atoms with E-state index in [2.05, 4.69) is 0 Å². The van der Waals surface area contributed by atoms with Crippen molar-refractivity contribution in [3.05, 3.63) is 37.4 Å². The predicted molar refractivity (Wildman–Crippen MR) is 52.7 cm³/mol. The van der Waals surface area contributed by atoms with Gasteiger partial charge in [-0.25, -0.2) is 8.42 Å². The second kappa shape index (κ2) is 6.34. The van der Waals surface area contributed by atoms with Crippen LogP contribution in [0, 0.1) is 20.2 Å². The molecule has 0 bridgehead atoms. The average molecular weight is 321 g/mol. The van der Waals surface area contributed by atoms with Gasteiger partial charge in [-0.05, 0) is 12.1 Å². The minimum absolute atomic E-state index is 0. The van der Waals surface area contributed by atoms with Gasteiger partial charge in [-0.15, -0.1) is 0 Å². The molecule has 0 heterocycles. The van der Waals surface area contributed by atoms with Gasteiger partial charge in [-0.2, -0.15) is 0 Å². The van der Waals surface area contributed by atoms with Gasteiger partial charge in [0, 0.05) is 0 Å². The minimum atomic E-state index is -5.21. The Balaban J connectivity index is 0.00000289. The van der Waals surface area contributed by atoms with Crippen LogP contribution < -0.4 is 51.4 Å². The topological polar surface area (TPSA) is 143 Å². The molecule has 0 fully saturated rings. The fraction of sp³-hybridized carbons (Fsp3) is 0. The smallest absolute Gasteiger partial charge is 0.744 e. The average Bonchev–Trinajstić information content (AvgIpc) is 2.14. The second-order valence-electron chi connectivity index (χ2n) is 2.71. The second-order valence-corrected chi connectivity index (χ2v) is 4.47. The van der Waals surface area contributed by atoms with Crippen LogP contribution in [0.1, 0.15) is 0 Å². The molecule has 0 amide bonds. The van der Waals surface area contributed by atoms with E-state index in [0.717, 1.165) is 6.07 Å². The number of nitro benzene ring substituents is 2. The maximum Gasteiger partial charge on any atom is 1.00 e. The number of hydrogen-bond acceptors (Lipinski definition) is 7. The van der Waals surface area contributed by atoms with E-state index in [4.69, 9.17) is 11.6 Å². The van der Waals surface area contributed by atoms with E-state index >= 15 is 0 Å². The summed E-state index contributed by atoms with van der Waals surface area (Å²) in [5.74, 6) is 0. The molecule has 0 saturated heterocycles. The maximum absolute atomic E-state index is 10.7. The zero-order valence-corrected chi connectivity index (χ0v) is 13.4. The molecule has 0 aromatic heterocycles. The van der Waals surface area contributed by atoms with Crippen molar-refractivity contribution in [3.63, 3.8) is 0 Å². The van der Waals surface area contributed by atoms with Crippen LogP contribution in [0.5, 0.6) is 0 Å². The molecule has 0 aliphatic rings. The fourth-order valence-corrected chi connectivity index (χ4v) is 1.95. The standard InChI is InChI=1S/C6H3ClN2O7S.K/c7-3-1-2-4(17(14,15)16)6(9(12)13)5(3)8(10)11;/h1-2H,(H,14,15,16);/q;+1/p-1. The number of rotatable bonds is 3. The molecule has 12 heteroatoms. The fourth-order valence-electron chi connectivity index (χ4n) is 1.09. The summed E-state index contributed by atoms with van der Waals surface area (Å²) >= 11 is 5.35. The summed E-state index contributed by atoms with van der Waals surface area (Å²) in [6, 6.07) is 1.28. The van der Waals surface area contributed by atoms with E-state index in [1.807, 2.05) is 0 Å². The number of nitrogens with zero attached hydrogens (tertiary/aromatic N) is 2. The van der Waals surface area contributed by atoms with Gasteiger partial charge >= 0.3 is 62.8 Å². The number of nitro groups is 2. The molecule has 0 aliphatic carbocycles. The Bertz CT molecular complexity index is 617. The van der Waals surface area contributed by atoms with Gasteiger partial charge in [0.2, 0.25) is 0 Å². The summed E-state index contributed by atoms with van der Waals surface area (Å²) in [5, 5.41) is 20.5. The first-order chi connectivity index (χ1) is 7.66. The van der Waals surface area contributed by atoms with E-state index in [1.54, 1.807) is 0 Å². The molecular formula is C6H2ClKN2O7S. The molecule has 1 aromatic rings. The molecule has 0 atom stereocenters. The van der Waals surface area contributed by atoms with Gasteiger partial charge in [-0.1, -0.05) is 11.6 Å². The number of benzene rings is 1. The first-order valence-electron chi connectivity index (χ1n) is 3.73. The maximum atomic E-state index is 10.7. The summed E-state index contributed by atoms with van der Waals surface area (Å²) in [6.07, 6.45) is 0. The van der Waals surface area contributed by atoms with Crippen molar-refractivity contribution in [1.29, 1.82) is 0 Å². The van der Waals surface area contributed by atoms with Crippen molar-refractivity contribution in [1.82, 2.24) is 0 Å². The quantitative estimate of drug-likeness (QED) is 0.273. The van der Waals surface area contributed by atoms with Crippen molar-refractivity contribution >= 4 is 33.1 Å². The summed E-state index contributed by atoms with van der Waals surface area (Å²) in [7, 11) is -5.21. The third-order valence-electron chi connectivity index (χ3n) is 1.70. The Kier molecular flexibility index (Phi) is 6.29. The van der Waals surface area contributed by atoms with Gasteiger partial charge < -0.3 is 4.55 Å². The van der Waals surface area contributed by atoms with Crippen molar-refractivity contribution in [3.8, 4) is 0 Å². The van der Waals surface area contributed by atoms with E-state index in [1.165, 1.54) is 0 Å². The third kappa shape index (κ3) is 3.68. The van der Waals surface area contributed by atoms with Crippen LogP contribution in [0.3, 0.4) is 0 Å². The Hall–Kier alpha value is -0.144. The van der Waals surface area contributed by atoms with E-state index in [0.29, 0.717) is 6.07 Å². The van der Waals surface area contributed by atoms with Crippen molar-refractivity contribution in [2.45, 2.75) is 4.90 Å². The molecule has 18 heavy (non-hydrogen) atoms. The zero-order chi connectivity index (χ0) is 13.4. The minimum Gasteiger partial charge on any atom is -0.744 e. The van der Waals surface area contributed by atoms with Crippen molar-refractivity contribution < 1.29 is 74.2 Å². The Morgan fingerprint density at radius 1 is 1.06 bits per heavy atom. The molecule has 0 saturated carbocycles. The van der Waals surface area contributed by atoms with Gasteiger partial charge in [0.15, 0.2) is 0 Å². The molecule has 0 spiro atoms. The number of halogens is 1. The molecule has 1 rings (SSSR count). The van der Waals surface area contributed by atoms with Crippen LogP contribution >= 0.6 is 11.6 Å². The Morgan fingerprint density at radius 2 is 1.50 bits per heavy atom. The Morgan fingerprint density at radius 3 is 1.83 bits per heavy atom. The zero-order valence-electron chi connectivity index (χ0n) is 8.69. The Labute approximate surface area is 148 Å². The van der Waals surface area contributed by atoms with Crippen LogP contribution in [0.15, 0.2) is 17.0 Å². The molecule has 0 N–H and O–H groups in total. The molecule has 9 nitrogen and oxygen atoms in total. The van der Waals surface area contributed by atoms with Gasteiger partial charge in [0.1, 0.15) is 20.0 Å². The van der Waals surface area contributed by atoms with E-state index in [-0.39, 0.29) is 51.4 Å². The SMILES string of the molecule is O=[N+]([O-])c1c(Cl)ccc(S(=O)(=O)[O-])c1[N+](=O)[O-].[K+]. The third-order valence-corrected chi connectivity index (χ3v) is 2.87. The summed E-state index contributed by atoms with van der Waals surface area (Å²) in [6.45, 7) is 0. The summed E-state index contributed by atoms with van der Waals surface area (Å²) in [4.78, 5) is 17.3. The normalized spacial score (nSPS) is 10.6. The van der Waals surface area contributed by atoms with Gasteiger partial charge in [0.05, 0.1) is 9.85 Å². The van der Waals surface area contributed by atoms with E-state index in [9.17, 15) is 33.2 Å². The van der Waals surface area contributed by atoms with Crippen LogP contribution in [0.4, 0.5) is 11.4 Å². The van der Waals surface area contributed by atoms with Crippen LogP contribution in [-0.2, 0) is 10.1 Å². The van der Waals surface area contributed by atoms with Crippen molar-refractivity contribution in [2.24, 2.45) is 0 Å². The molecule has 92 valence electrons. The monoisotopic (exact) mass is 320 g/mol. The van der Waals surface area contributed by atoms with Crippen molar-refractivity contribution in [2.75, 3.05) is 0 Å². The summed E-state index contributed by atoms with van der Waals surface area (Å²) in [5.41, 5.74) is -2.66. The van der Waals surface area contributed by atoms with Crippen LogP contribution in [-0.4, -0.2) is 22.8 Å².